The molecule has 2 rings (SSSR count). The molecular formula is C16H21N3. The van der Waals surface area contributed by atoms with E-state index in [0.29, 0.717) is 6.42 Å². The summed E-state index contributed by atoms with van der Waals surface area (Å²) in [7, 11) is 0. The molecule has 19 heavy (non-hydrogen) atoms. The first-order chi connectivity index (χ1) is 9.36. The fourth-order valence-corrected chi connectivity index (χ4v) is 2.44. The Bertz CT molecular complexity index is 563. The van der Waals surface area contributed by atoms with Gasteiger partial charge < -0.3 is 4.57 Å². The van der Waals surface area contributed by atoms with E-state index in [2.05, 4.69) is 23.6 Å². The van der Waals surface area contributed by atoms with Gasteiger partial charge in [-0.25, -0.2) is 4.98 Å². The van der Waals surface area contributed by atoms with Crippen molar-refractivity contribution < 1.29 is 0 Å². The van der Waals surface area contributed by atoms with Gasteiger partial charge in [0.15, 0.2) is 0 Å². The van der Waals surface area contributed by atoms with Crippen LogP contribution in [-0.4, -0.2) is 9.55 Å². The average Bonchev–Trinajstić information content (AvgIpc) is 2.79. The van der Waals surface area contributed by atoms with Crippen molar-refractivity contribution >= 4 is 11.0 Å². The summed E-state index contributed by atoms with van der Waals surface area (Å²) in [5.74, 6) is 1.13. The van der Waals surface area contributed by atoms with Crippen molar-refractivity contribution in [2.75, 3.05) is 0 Å². The molecule has 3 nitrogen and oxygen atoms in total. The molecule has 0 saturated heterocycles. The molecule has 1 aromatic carbocycles. The Hall–Kier alpha value is -1.82. The summed E-state index contributed by atoms with van der Waals surface area (Å²) < 4.78 is 2.21. The normalized spacial score (nSPS) is 10.7. The number of rotatable bonds is 7. The highest BCUT2D eigenvalue weighted by atomic mass is 15.1. The Morgan fingerprint density at radius 1 is 1.21 bits per heavy atom. The molecule has 0 radical (unpaired) electrons. The van der Waals surface area contributed by atoms with Gasteiger partial charge in [0, 0.05) is 13.0 Å². The molecule has 1 aromatic heterocycles. The first-order valence-electron chi connectivity index (χ1n) is 7.18. The largest absolute Gasteiger partial charge is 0.327 e. The van der Waals surface area contributed by atoms with E-state index in [4.69, 9.17) is 10.2 Å². The van der Waals surface area contributed by atoms with Crippen molar-refractivity contribution in [1.82, 2.24) is 9.55 Å². The van der Waals surface area contributed by atoms with Gasteiger partial charge in [0.1, 0.15) is 5.82 Å². The monoisotopic (exact) mass is 255 g/mol. The summed E-state index contributed by atoms with van der Waals surface area (Å²) in [4.78, 5) is 4.72. The summed E-state index contributed by atoms with van der Waals surface area (Å²) in [5, 5.41) is 8.79. The number of fused-ring (bicyclic) bond motifs is 1. The van der Waals surface area contributed by atoms with Crippen LogP contribution in [0.15, 0.2) is 24.3 Å². The van der Waals surface area contributed by atoms with Gasteiger partial charge in [-0.05, 0) is 18.6 Å². The quantitative estimate of drug-likeness (QED) is 0.700. The van der Waals surface area contributed by atoms with E-state index in [9.17, 15) is 0 Å². The van der Waals surface area contributed by atoms with Crippen LogP contribution in [0.5, 0.6) is 0 Å². The zero-order chi connectivity index (χ0) is 13.5. The van der Waals surface area contributed by atoms with Crippen molar-refractivity contribution in [3.05, 3.63) is 30.1 Å². The topological polar surface area (TPSA) is 41.6 Å². The third-order valence-corrected chi connectivity index (χ3v) is 3.43. The third-order valence-electron chi connectivity index (χ3n) is 3.43. The molecule has 0 N–H and O–H groups in total. The molecule has 0 aliphatic heterocycles. The number of para-hydroxylation sites is 2. The van der Waals surface area contributed by atoms with Gasteiger partial charge in [-0.1, -0.05) is 38.3 Å². The minimum Gasteiger partial charge on any atom is -0.327 e. The van der Waals surface area contributed by atoms with E-state index < -0.39 is 0 Å². The summed E-state index contributed by atoms with van der Waals surface area (Å²) >= 11 is 0. The number of nitrogens with zero attached hydrogens (tertiary/aromatic N) is 3. The molecule has 0 saturated carbocycles. The zero-order valence-corrected chi connectivity index (χ0v) is 11.6. The highest BCUT2D eigenvalue weighted by Crippen LogP contribution is 2.18. The van der Waals surface area contributed by atoms with Gasteiger partial charge >= 0.3 is 0 Å². The number of aromatic nitrogens is 2. The molecule has 0 unspecified atom stereocenters. The second-order valence-electron chi connectivity index (χ2n) is 4.89. The molecule has 100 valence electrons. The number of nitriles is 1. The Balaban J connectivity index is 2.18. The Kier molecular flexibility index (Phi) is 4.97. The zero-order valence-electron chi connectivity index (χ0n) is 11.6. The first kappa shape index (κ1) is 13.6. The molecule has 3 heteroatoms. The van der Waals surface area contributed by atoms with Crippen LogP contribution in [0.3, 0.4) is 0 Å². The number of hydrogen-bond donors (Lipinski definition) is 0. The van der Waals surface area contributed by atoms with Crippen LogP contribution in [0, 0.1) is 11.3 Å². The van der Waals surface area contributed by atoms with Crippen molar-refractivity contribution in [3.8, 4) is 6.07 Å². The summed E-state index contributed by atoms with van der Waals surface area (Å²) in [5.41, 5.74) is 2.20. The molecule has 0 fully saturated rings. The number of imidazole rings is 1. The first-order valence-corrected chi connectivity index (χ1v) is 7.18. The van der Waals surface area contributed by atoms with Crippen LogP contribution in [0.25, 0.3) is 11.0 Å². The van der Waals surface area contributed by atoms with Gasteiger partial charge in [-0.2, -0.15) is 5.26 Å². The number of aryl methyl sites for hydroxylation is 2. The Morgan fingerprint density at radius 2 is 2.05 bits per heavy atom. The molecule has 0 bridgehead atoms. The van der Waals surface area contributed by atoms with Gasteiger partial charge in [0.25, 0.3) is 0 Å². The Labute approximate surface area is 114 Å². The SMILES string of the molecule is CCCCCCc1nc2ccccc2n1CCC#N. The van der Waals surface area contributed by atoms with Crippen LogP contribution in [-0.2, 0) is 13.0 Å². The molecule has 0 aliphatic rings. The maximum absolute atomic E-state index is 8.79. The van der Waals surface area contributed by atoms with Crippen LogP contribution < -0.4 is 0 Å². The number of unbranched alkanes of at least 4 members (excludes halogenated alkanes) is 3. The molecule has 0 amide bonds. The van der Waals surface area contributed by atoms with E-state index in [1.807, 2.05) is 18.2 Å². The summed E-state index contributed by atoms with van der Waals surface area (Å²) in [6.45, 7) is 2.97. The molecule has 0 aliphatic carbocycles. The van der Waals surface area contributed by atoms with Crippen molar-refractivity contribution in [2.24, 2.45) is 0 Å². The van der Waals surface area contributed by atoms with Gasteiger partial charge in [0.2, 0.25) is 0 Å². The summed E-state index contributed by atoms with van der Waals surface area (Å²) in [6.07, 6.45) is 6.55. The van der Waals surface area contributed by atoms with Crippen LogP contribution in [0.2, 0.25) is 0 Å². The van der Waals surface area contributed by atoms with E-state index in [0.717, 1.165) is 29.8 Å². The minimum absolute atomic E-state index is 0.544. The van der Waals surface area contributed by atoms with Crippen LogP contribution in [0.1, 0.15) is 44.9 Å². The highest BCUT2D eigenvalue weighted by molar-refractivity contribution is 5.75. The molecule has 0 atom stereocenters. The fourth-order valence-electron chi connectivity index (χ4n) is 2.44. The maximum Gasteiger partial charge on any atom is 0.109 e. The standard InChI is InChI=1S/C16H21N3/c1-2-3-4-5-11-16-18-14-9-6-7-10-15(14)19(16)13-8-12-17/h6-7,9-10H,2-5,8,11,13H2,1H3. The minimum atomic E-state index is 0.544. The second kappa shape index (κ2) is 6.94. The highest BCUT2D eigenvalue weighted by Gasteiger charge is 2.09. The molecule has 1 heterocycles. The smallest absolute Gasteiger partial charge is 0.109 e. The van der Waals surface area contributed by atoms with Gasteiger partial charge in [-0.15, -0.1) is 0 Å². The van der Waals surface area contributed by atoms with Crippen molar-refractivity contribution in [1.29, 1.82) is 5.26 Å². The Morgan fingerprint density at radius 3 is 2.84 bits per heavy atom. The van der Waals surface area contributed by atoms with E-state index >= 15 is 0 Å². The van der Waals surface area contributed by atoms with E-state index in [1.54, 1.807) is 0 Å². The van der Waals surface area contributed by atoms with Crippen molar-refractivity contribution in [2.45, 2.75) is 52.0 Å². The van der Waals surface area contributed by atoms with Crippen LogP contribution >= 0.6 is 0 Å². The average molecular weight is 255 g/mol. The van der Waals surface area contributed by atoms with Gasteiger partial charge in [0.05, 0.1) is 23.5 Å². The number of hydrogen-bond acceptors (Lipinski definition) is 2. The van der Waals surface area contributed by atoms with Crippen LogP contribution in [0.4, 0.5) is 0 Å². The maximum atomic E-state index is 8.79. The summed E-state index contributed by atoms with van der Waals surface area (Å²) in [6, 6.07) is 10.4. The lowest BCUT2D eigenvalue weighted by molar-refractivity contribution is 0.618. The fraction of sp³-hybridized carbons (Fsp3) is 0.500. The lowest BCUT2D eigenvalue weighted by Crippen LogP contribution is -2.03. The second-order valence-corrected chi connectivity index (χ2v) is 4.89. The lowest BCUT2D eigenvalue weighted by Gasteiger charge is -2.06. The predicted molar refractivity (Wildman–Crippen MR) is 77.8 cm³/mol. The van der Waals surface area contributed by atoms with E-state index in [-0.39, 0.29) is 0 Å². The molecule has 2 aromatic rings. The lowest BCUT2D eigenvalue weighted by atomic mass is 10.1. The van der Waals surface area contributed by atoms with Crippen molar-refractivity contribution in [3.63, 3.8) is 0 Å². The molecular weight excluding hydrogens is 234 g/mol. The number of benzene rings is 1. The predicted octanol–water partition coefficient (Wildman–Crippen LogP) is 4.07. The third kappa shape index (κ3) is 3.35. The van der Waals surface area contributed by atoms with Gasteiger partial charge in [-0.3, -0.25) is 0 Å². The molecule has 0 spiro atoms. The van der Waals surface area contributed by atoms with E-state index in [1.165, 1.54) is 25.7 Å².